The predicted octanol–water partition coefficient (Wildman–Crippen LogP) is 2.29. The number of nitrogens with one attached hydrogen (secondary N) is 1. The maximum absolute atomic E-state index is 12.6. The van der Waals surface area contributed by atoms with Gasteiger partial charge in [0.1, 0.15) is 0 Å². The molecule has 1 atom stereocenters. The van der Waals surface area contributed by atoms with Gasteiger partial charge in [0.15, 0.2) is 5.13 Å². The molecule has 4 rings (SSSR count). The maximum atomic E-state index is 12.6. The SMILES string of the molecule is O=C1Nc2ccccc2S[C@H]1CC(=O)N1CCN(c2nccs2)CC1. The van der Waals surface area contributed by atoms with Crippen molar-refractivity contribution in [1.29, 1.82) is 0 Å². The van der Waals surface area contributed by atoms with Crippen molar-refractivity contribution in [2.24, 2.45) is 0 Å². The summed E-state index contributed by atoms with van der Waals surface area (Å²) in [6.07, 6.45) is 2.04. The van der Waals surface area contributed by atoms with Gasteiger partial charge in [-0.1, -0.05) is 12.1 Å². The summed E-state index contributed by atoms with van der Waals surface area (Å²) < 4.78 is 0. The second kappa shape index (κ2) is 7.05. The van der Waals surface area contributed by atoms with Crippen LogP contribution in [0.1, 0.15) is 6.42 Å². The van der Waals surface area contributed by atoms with Crippen LogP contribution in [-0.2, 0) is 9.59 Å². The number of aromatic nitrogens is 1. The van der Waals surface area contributed by atoms with Gasteiger partial charge in [0.2, 0.25) is 11.8 Å². The topological polar surface area (TPSA) is 65.5 Å². The Kier molecular flexibility index (Phi) is 4.63. The van der Waals surface area contributed by atoms with Crippen molar-refractivity contribution >= 4 is 45.7 Å². The lowest BCUT2D eigenvalue weighted by Gasteiger charge is -2.35. The number of hydrogen-bond acceptors (Lipinski definition) is 6. The molecule has 6 nitrogen and oxygen atoms in total. The molecule has 1 fully saturated rings. The molecule has 3 heterocycles. The highest BCUT2D eigenvalue weighted by atomic mass is 32.2. The lowest BCUT2D eigenvalue weighted by Crippen LogP contribution is -2.49. The minimum absolute atomic E-state index is 0.0471. The molecule has 2 aromatic rings. The van der Waals surface area contributed by atoms with Gasteiger partial charge in [-0.2, -0.15) is 0 Å². The summed E-state index contributed by atoms with van der Waals surface area (Å²) in [5.74, 6) is -0.0377. The number of carbonyl (C=O) groups excluding carboxylic acids is 2. The Labute approximate surface area is 154 Å². The first-order valence-corrected chi connectivity index (χ1v) is 9.95. The number of anilines is 2. The Morgan fingerprint density at radius 2 is 2.04 bits per heavy atom. The average molecular weight is 374 g/mol. The Bertz CT molecular complexity index is 773. The van der Waals surface area contributed by atoms with Crippen LogP contribution >= 0.6 is 23.1 Å². The van der Waals surface area contributed by atoms with Gasteiger partial charge >= 0.3 is 0 Å². The Morgan fingerprint density at radius 1 is 1.24 bits per heavy atom. The van der Waals surface area contributed by atoms with Crippen LogP contribution in [0.2, 0.25) is 0 Å². The first-order valence-electron chi connectivity index (χ1n) is 8.19. The molecule has 2 aliphatic heterocycles. The van der Waals surface area contributed by atoms with Crippen molar-refractivity contribution in [1.82, 2.24) is 9.88 Å². The van der Waals surface area contributed by atoms with Crippen LogP contribution < -0.4 is 10.2 Å². The highest BCUT2D eigenvalue weighted by Crippen LogP contribution is 2.36. The Balaban J connectivity index is 1.34. The summed E-state index contributed by atoms with van der Waals surface area (Å²) in [5, 5.41) is 5.50. The average Bonchev–Trinajstić information content (AvgIpc) is 3.17. The fourth-order valence-corrected chi connectivity index (χ4v) is 4.83. The number of carbonyl (C=O) groups is 2. The zero-order valence-corrected chi connectivity index (χ0v) is 15.2. The zero-order chi connectivity index (χ0) is 17.2. The van der Waals surface area contributed by atoms with Gasteiger partial charge in [-0.3, -0.25) is 9.59 Å². The van der Waals surface area contributed by atoms with E-state index in [4.69, 9.17) is 0 Å². The smallest absolute Gasteiger partial charge is 0.238 e. The van der Waals surface area contributed by atoms with Crippen LogP contribution in [0.25, 0.3) is 0 Å². The van der Waals surface area contributed by atoms with Gasteiger partial charge in [-0.25, -0.2) is 4.98 Å². The monoisotopic (exact) mass is 374 g/mol. The fraction of sp³-hybridized carbons (Fsp3) is 0.353. The van der Waals surface area contributed by atoms with Crippen LogP contribution in [0.4, 0.5) is 10.8 Å². The van der Waals surface area contributed by atoms with E-state index < -0.39 is 0 Å². The molecule has 0 unspecified atom stereocenters. The molecule has 130 valence electrons. The number of amides is 2. The molecule has 0 bridgehead atoms. The minimum atomic E-state index is -0.362. The van der Waals surface area contributed by atoms with Gasteiger partial charge in [0, 0.05) is 49.1 Å². The summed E-state index contributed by atoms with van der Waals surface area (Å²) in [4.78, 5) is 34.3. The normalized spacial score (nSPS) is 20.2. The molecule has 25 heavy (non-hydrogen) atoms. The van der Waals surface area contributed by atoms with E-state index in [0.29, 0.717) is 13.1 Å². The number of piperazine rings is 1. The Morgan fingerprint density at radius 3 is 2.80 bits per heavy atom. The summed E-state index contributed by atoms with van der Waals surface area (Å²) in [6, 6.07) is 7.70. The first-order chi connectivity index (χ1) is 12.2. The number of rotatable bonds is 3. The van der Waals surface area contributed by atoms with Gasteiger partial charge < -0.3 is 15.1 Å². The molecule has 1 aromatic heterocycles. The molecule has 1 aromatic carbocycles. The molecule has 0 spiro atoms. The number of nitrogens with zero attached hydrogens (tertiary/aromatic N) is 3. The molecular weight excluding hydrogens is 356 g/mol. The largest absolute Gasteiger partial charge is 0.345 e. The van der Waals surface area contributed by atoms with Gasteiger partial charge in [0.05, 0.1) is 10.9 Å². The van der Waals surface area contributed by atoms with E-state index in [0.717, 1.165) is 28.8 Å². The second-order valence-electron chi connectivity index (χ2n) is 5.98. The van der Waals surface area contributed by atoms with Crippen molar-refractivity contribution < 1.29 is 9.59 Å². The summed E-state index contributed by atoms with van der Waals surface area (Å²) >= 11 is 3.09. The fourth-order valence-electron chi connectivity index (χ4n) is 3.03. The van der Waals surface area contributed by atoms with Crippen molar-refractivity contribution in [3.05, 3.63) is 35.8 Å². The third-order valence-corrected chi connectivity index (χ3v) is 6.50. The molecule has 0 aliphatic carbocycles. The number of para-hydroxylation sites is 1. The number of thiazole rings is 1. The van der Waals surface area contributed by atoms with Gasteiger partial charge in [-0.15, -0.1) is 23.1 Å². The third-order valence-electron chi connectivity index (χ3n) is 4.39. The van der Waals surface area contributed by atoms with E-state index >= 15 is 0 Å². The van der Waals surface area contributed by atoms with Gasteiger partial charge in [0.25, 0.3) is 0 Å². The quantitative estimate of drug-likeness (QED) is 0.893. The minimum Gasteiger partial charge on any atom is -0.345 e. The number of fused-ring (bicyclic) bond motifs is 1. The van der Waals surface area contributed by atoms with Crippen molar-refractivity contribution in [3.63, 3.8) is 0 Å². The van der Waals surface area contributed by atoms with Gasteiger partial charge in [-0.05, 0) is 12.1 Å². The summed E-state index contributed by atoms with van der Waals surface area (Å²) in [5.41, 5.74) is 0.832. The number of hydrogen-bond donors (Lipinski definition) is 1. The molecule has 0 radical (unpaired) electrons. The predicted molar refractivity (Wildman–Crippen MR) is 100 cm³/mol. The van der Waals surface area contributed by atoms with E-state index in [1.807, 2.05) is 34.5 Å². The standard InChI is InChI=1S/C17H18N4O2S2/c22-15(20-6-8-21(9-7-20)17-18-5-10-24-17)11-14-16(23)19-12-3-1-2-4-13(12)25-14/h1-5,10,14H,6-9,11H2,(H,19,23)/t14-/m0/s1. The van der Waals surface area contributed by atoms with Crippen LogP contribution in [0.3, 0.4) is 0 Å². The highest BCUT2D eigenvalue weighted by molar-refractivity contribution is 8.01. The van der Waals surface area contributed by atoms with Crippen LogP contribution in [0.15, 0.2) is 40.7 Å². The van der Waals surface area contributed by atoms with Crippen LogP contribution in [-0.4, -0.2) is 53.1 Å². The van der Waals surface area contributed by atoms with E-state index in [-0.39, 0.29) is 23.5 Å². The third kappa shape index (κ3) is 3.50. The summed E-state index contributed by atoms with van der Waals surface area (Å²) in [6.45, 7) is 2.92. The first kappa shape index (κ1) is 16.4. The zero-order valence-electron chi connectivity index (χ0n) is 13.6. The van der Waals surface area contributed by atoms with E-state index in [1.165, 1.54) is 11.8 Å². The molecule has 2 amide bonds. The molecular formula is C17H18N4O2S2. The highest BCUT2D eigenvalue weighted by Gasteiger charge is 2.31. The van der Waals surface area contributed by atoms with Crippen molar-refractivity contribution in [2.75, 3.05) is 36.4 Å². The molecule has 1 saturated heterocycles. The van der Waals surface area contributed by atoms with E-state index in [2.05, 4.69) is 15.2 Å². The van der Waals surface area contributed by atoms with Crippen molar-refractivity contribution in [3.8, 4) is 0 Å². The molecule has 8 heteroatoms. The van der Waals surface area contributed by atoms with Crippen molar-refractivity contribution in [2.45, 2.75) is 16.6 Å². The molecule has 0 saturated carbocycles. The lowest BCUT2D eigenvalue weighted by atomic mass is 10.2. The van der Waals surface area contributed by atoms with E-state index in [9.17, 15) is 9.59 Å². The summed E-state index contributed by atoms with van der Waals surface area (Å²) in [7, 11) is 0. The Hall–Kier alpha value is -2.06. The lowest BCUT2D eigenvalue weighted by molar-refractivity contribution is -0.132. The molecule has 1 N–H and O–H groups in total. The van der Waals surface area contributed by atoms with Crippen LogP contribution in [0.5, 0.6) is 0 Å². The van der Waals surface area contributed by atoms with Crippen LogP contribution in [0, 0.1) is 0 Å². The second-order valence-corrected chi connectivity index (χ2v) is 8.10. The number of benzene rings is 1. The molecule has 2 aliphatic rings. The maximum Gasteiger partial charge on any atom is 0.238 e. The number of thioether (sulfide) groups is 1. The van der Waals surface area contributed by atoms with E-state index in [1.54, 1.807) is 17.5 Å².